The first-order valence-electron chi connectivity index (χ1n) is 7.71. The first-order valence-corrected chi connectivity index (χ1v) is 8.47. The molecule has 0 unspecified atom stereocenters. The van der Waals surface area contributed by atoms with Gasteiger partial charge in [0.25, 0.3) is 11.8 Å². The number of carbonyl (C=O) groups is 2. The predicted molar refractivity (Wildman–Crippen MR) is 104 cm³/mol. The molecule has 2 N–H and O–H groups in total. The normalized spacial score (nSPS) is 10.5. The van der Waals surface area contributed by atoms with Crippen molar-refractivity contribution in [3.05, 3.63) is 57.6 Å². The van der Waals surface area contributed by atoms with Crippen LogP contribution in [0, 0.1) is 0 Å². The highest BCUT2D eigenvalue weighted by Crippen LogP contribution is 2.26. The van der Waals surface area contributed by atoms with E-state index in [-0.39, 0.29) is 11.6 Å². The summed E-state index contributed by atoms with van der Waals surface area (Å²) >= 11 is 11.7. The maximum atomic E-state index is 12.0. The summed E-state index contributed by atoms with van der Waals surface area (Å²) in [5, 5.41) is 6.90. The van der Waals surface area contributed by atoms with Gasteiger partial charge in [-0.2, -0.15) is 5.10 Å². The van der Waals surface area contributed by atoms with E-state index in [0.29, 0.717) is 27.6 Å². The number of carbonyl (C=O) groups excluding carboxylic acids is 2. The van der Waals surface area contributed by atoms with Crippen LogP contribution in [-0.4, -0.2) is 38.8 Å². The number of benzene rings is 2. The van der Waals surface area contributed by atoms with E-state index >= 15 is 0 Å². The van der Waals surface area contributed by atoms with E-state index in [9.17, 15) is 9.59 Å². The monoisotopic (exact) mass is 409 g/mol. The number of hydrazone groups is 1. The number of hydrogen-bond donors (Lipinski definition) is 2. The van der Waals surface area contributed by atoms with Crippen LogP contribution in [0.3, 0.4) is 0 Å². The molecule has 0 saturated heterocycles. The maximum Gasteiger partial charge on any atom is 0.259 e. The molecule has 27 heavy (non-hydrogen) atoms. The first-order chi connectivity index (χ1) is 12.9. The lowest BCUT2D eigenvalue weighted by Crippen LogP contribution is -2.34. The molecule has 7 nitrogen and oxygen atoms in total. The van der Waals surface area contributed by atoms with Crippen LogP contribution in [0.4, 0.5) is 0 Å². The van der Waals surface area contributed by atoms with Crippen LogP contribution in [0.5, 0.6) is 11.5 Å². The minimum absolute atomic E-state index is 0.248. The largest absolute Gasteiger partial charge is 0.493 e. The number of methoxy groups -OCH3 is 2. The lowest BCUT2D eigenvalue weighted by Gasteiger charge is -2.07. The number of ether oxygens (including phenoxy) is 2. The maximum absolute atomic E-state index is 12.0. The fourth-order valence-corrected chi connectivity index (χ4v) is 2.35. The van der Waals surface area contributed by atoms with Crippen molar-refractivity contribution < 1.29 is 19.1 Å². The second-order valence-electron chi connectivity index (χ2n) is 5.22. The molecule has 142 valence electrons. The lowest BCUT2D eigenvalue weighted by atomic mass is 10.2. The van der Waals surface area contributed by atoms with Gasteiger partial charge in [-0.05, 0) is 42.0 Å². The summed E-state index contributed by atoms with van der Waals surface area (Å²) in [4.78, 5) is 23.8. The van der Waals surface area contributed by atoms with E-state index < -0.39 is 11.8 Å². The molecule has 0 aromatic heterocycles. The van der Waals surface area contributed by atoms with Crippen molar-refractivity contribution in [2.24, 2.45) is 5.10 Å². The van der Waals surface area contributed by atoms with E-state index in [1.54, 1.807) is 18.2 Å². The van der Waals surface area contributed by atoms with Crippen molar-refractivity contribution in [3.8, 4) is 11.5 Å². The molecule has 0 saturated carbocycles. The molecular formula is C18H17Cl2N3O4. The smallest absolute Gasteiger partial charge is 0.259 e. The number of rotatable bonds is 7. The van der Waals surface area contributed by atoms with Crippen LogP contribution in [0.2, 0.25) is 10.0 Å². The Hall–Kier alpha value is -2.77. The van der Waals surface area contributed by atoms with E-state index in [1.807, 2.05) is 0 Å². The summed E-state index contributed by atoms with van der Waals surface area (Å²) in [7, 11) is 3.06. The molecule has 0 fully saturated rings. The number of halogens is 2. The molecule has 0 heterocycles. The molecule has 2 aromatic rings. The van der Waals surface area contributed by atoms with Gasteiger partial charge in [-0.1, -0.05) is 23.2 Å². The molecule has 0 aliphatic carbocycles. The Morgan fingerprint density at radius 3 is 2.44 bits per heavy atom. The minimum atomic E-state index is -0.486. The van der Waals surface area contributed by atoms with Crippen LogP contribution in [0.25, 0.3) is 0 Å². The predicted octanol–water partition coefficient (Wildman–Crippen LogP) is 2.89. The number of nitrogens with one attached hydrogen (secondary N) is 2. The number of hydrogen-bond acceptors (Lipinski definition) is 5. The highest BCUT2D eigenvalue weighted by molar-refractivity contribution is 6.42. The zero-order valence-corrected chi connectivity index (χ0v) is 16.1. The van der Waals surface area contributed by atoms with E-state index in [1.165, 1.54) is 38.6 Å². The highest BCUT2D eigenvalue weighted by Gasteiger charge is 2.09. The Labute approximate surface area is 166 Å². The molecule has 0 spiro atoms. The van der Waals surface area contributed by atoms with Gasteiger partial charge in [0.15, 0.2) is 11.5 Å². The molecule has 2 rings (SSSR count). The van der Waals surface area contributed by atoms with Gasteiger partial charge >= 0.3 is 0 Å². The van der Waals surface area contributed by atoms with Gasteiger partial charge in [-0.15, -0.1) is 0 Å². The first kappa shape index (κ1) is 20.5. The molecule has 0 bridgehead atoms. The zero-order valence-electron chi connectivity index (χ0n) is 14.6. The van der Waals surface area contributed by atoms with Crippen LogP contribution in [-0.2, 0) is 4.79 Å². The molecule has 0 radical (unpaired) electrons. The Morgan fingerprint density at radius 2 is 1.78 bits per heavy atom. The van der Waals surface area contributed by atoms with Gasteiger partial charge in [0, 0.05) is 5.56 Å². The topological polar surface area (TPSA) is 89.0 Å². The van der Waals surface area contributed by atoms with Crippen LogP contribution < -0.4 is 20.2 Å². The van der Waals surface area contributed by atoms with Crippen molar-refractivity contribution in [2.75, 3.05) is 20.8 Å². The minimum Gasteiger partial charge on any atom is -0.493 e. The fraction of sp³-hybridized carbons (Fsp3) is 0.167. The van der Waals surface area contributed by atoms with Gasteiger partial charge in [0.2, 0.25) is 0 Å². The third-order valence-electron chi connectivity index (χ3n) is 3.40. The number of amides is 2. The Morgan fingerprint density at radius 1 is 1.04 bits per heavy atom. The average Bonchev–Trinajstić information content (AvgIpc) is 2.68. The SMILES string of the molecule is COc1ccc(C=NNC(=O)CNC(=O)c2ccc(Cl)c(Cl)c2)cc1OC. The average molecular weight is 410 g/mol. The number of nitrogens with zero attached hydrogens (tertiary/aromatic N) is 1. The van der Waals surface area contributed by atoms with Gasteiger partial charge in [-0.3, -0.25) is 9.59 Å². The summed E-state index contributed by atoms with van der Waals surface area (Å²) in [6.45, 7) is -0.248. The van der Waals surface area contributed by atoms with Crippen LogP contribution in [0.1, 0.15) is 15.9 Å². The van der Waals surface area contributed by atoms with Gasteiger partial charge in [-0.25, -0.2) is 5.43 Å². The molecule has 0 atom stereocenters. The van der Waals surface area contributed by atoms with Gasteiger partial charge < -0.3 is 14.8 Å². The van der Waals surface area contributed by atoms with Crippen molar-refractivity contribution in [2.45, 2.75) is 0 Å². The van der Waals surface area contributed by atoms with Crippen molar-refractivity contribution in [1.29, 1.82) is 0 Å². The van der Waals surface area contributed by atoms with Gasteiger partial charge in [0.1, 0.15) is 0 Å². The fourth-order valence-electron chi connectivity index (χ4n) is 2.05. The highest BCUT2D eigenvalue weighted by atomic mass is 35.5. The van der Waals surface area contributed by atoms with Gasteiger partial charge in [0.05, 0.1) is 37.0 Å². The summed E-state index contributed by atoms with van der Waals surface area (Å²) in [5.41, 5.74) is 3.32. The molecule has 0 aliphatic heterocycles. The second-order valence-corrected chi connectivity index (χ2v) is 6.03. The molecular weight excluding hydrogens is 393 g/mol. The zero-order chi connectivity index (χ0) is 19.8. The molecule has 0 aliphatic rings. The third-order valence-corrected chi connectivity index (χ3v) is 4.14. The van der Waals surface area contributed by atoms with Crippen molar-refractivity contribution in [3.63, 3.8) is 0 Å². The van der Waals surface area contributed by atoms with Crippen molar-refractivity contribution in [1.82, 2.24) is 10.7 Å². The third kappa shape index (κ3) is 5.87. The van der Waals surface area contributed by atoms with E-state index in [2.05, 4.69) is 15.8 Å². The van der Waals surface area contributed by atoms with E-state index in [4.69, 9.17) is 32.7 Å². The summed E-state index contributed by atoms with van der Waals surface area (Å²) in [6, 6.07) is 9.62. The Kier molecular flexibility index (Phi) is 7.45. The quantitative estimate of drug-likeness (QED) is 0.543. The lowest BCUT2D eigenvalue weighted by molar-refractivity contribution is -0.120. The second kappa shape index (κ2) is 9.80. The Bertz CT molecular complexity index is 872. The van der Waals surface area contributed by atoms with E-state index in [0.717, 1.165) is 0 Å². The molecule has 9 heteroatoms. The van der Waals surface area contributed by atoms with Crippen LogP contribution in [0.15, 0.2) is 41.5 Å². The summed E-state index contributed by atoms with van der Waals surface area (Å²) < 4.78 is 10.3. The van der Waals surface area contributed by atoms with Crippen LogP contribution >= 0.6 is 23.2 Å². The molecule has 2 aromatic carbocycles. The summed E-state index contributed by atoms with van der Waals surface area (Å²) in [6.07, 6.45) is 1.45. The molecule has 2 amide bonds. The summed E-state index contributed by atoms with van der Waals surface area (Å²) in [5.74, 6) is 0.193. The Balaban J connectivity index is 1.86. The standard InChI is InChI=1S/C18H17Cl2N3O4/c1-26-15-6-3-11(7-16(15)27-2)9-22-23-17(24)10-21-18(25)12-4-5-13(19)14(20)8-12/h3-9H,10H2,1-2H3,(H,21,25)(H,23,24). The van der Waals surface area contributed by atoms with Crippen molar-refractivity contribution >= 4 is 41.2 Å².